The molecule has 2 aromatic carbocycles. The highest BCUT2D eigenvalue weighted by Gasteiger charge is 2.20. The summed E-state index contributed by atoms with van der Waals surface area (Å²) in [5, 5.41) is 0.752. The Kier molecular flexibility index (Phi) is 5.02. The van der Waals surface area contributed by atoms with Crippen LogP contribution >= 0.6 is 39.1 Å². The average molecular weight is 381 g/mol. The van der Waals surface area contributed by atoms with Gasteiger partial charge in [0.25, 0.3) is 0 Å². The van der Waals surface area contributed by atoms with Crippen LogP contribution in [0.25, 0.3) is 0 Å². The highest BCUT2D eigenvalue weighted by Crippen LogP contribution is 2.32. The summed E-state index contributed by atoms with van der Waals surface area (Å²) < 4.78 is 27.8. The van der Waals surface area contributed by atoms with Crippen molar-refractivity contribution in [3.8, 4) is 0 Å². The molecule has 20 heavy (non-hydrogen) atoms. The molecule has 0 saturated heterocycles. The summed E-state index contributed by atoms with van der Waals surface area (Å²) in [5.74, 6) is -1.31. The fraction of sp³-hybridized carbons (Fsp3) is 0.143. The molecule has 0 spiro atoms. The lowest BCUT2D eigenvalue weighted by atomic mass is 9.99. The van der Waals surface area contributed by atoms with Crippen molar-refractivity contribution in [2.24, 2.45) is 5.73 Å². The maximum absolute atomic E-state index is 13.9. The minimum absolute atomic E-state index is 0.0411. The standard InChI is InChI=1S/C14H10BrCl2F2N/c15-8-4-5-11(18)7(14(8)19)6-12(20)13-9(16)2-1-3-10(13)17/h1-5,12H,6,20H2. The van der Waals surface area contributed by atoms with Crippen LogP contribution in [0.4, 0.5) is 8.78 Å². The Labute approximate surface area is 133 Å². The van der Waals surface area contributed by atoms with Gasteiger partial charge in [-0.05, 0) is 46.6 Å². The van der Waals surface area contributed by atoms with Gasteiger partial charge >= 0.3 is 0 Å². The van der Waals surface area contributed by atoms with Crippen molar-refractivity contribution in [1.82, 2.24) is 0 Å². The average Bonchev–Trinajstić information content (AvgIpc) is 2.39. The molecule has 0 radical (unpaired) electrons. The summed E-state index contributed by atoms with van der Waals surface area (Å²) in [4.78, 5) is 0. The predicted molar refractivity (Wildman–Crippen MR) is 81.2 cm³/mol. The topological polar surface area (TPSA) is 26.0 Å². The first-order valence-electron chi connectivity index (χ1n) is 5.73. The Morgan fingerprint density at radius 2 is 1.70 bits per heavy atom. The molecular weight excluding hydrogens is 371 g/mol. The van der Waals surface area contributed by atoms with Crippen molar-refractivity contribution in [3.63, 3.8) is 0 Å². The van der Waals surface area contributed by atoms with Gasteiger partial charge in [-0.25, -0.2) is 8.78 Å². The Bertz CT molecular complexity index is 629. The zero-order valence-corrected chi connectivity index (χ0v) is 13.2. The molecule has 0 aliphatic heterocycles. The van der Waals surface area contributed by atoms with Gasteiger partial charge in [0, 0.05) is 27.2 Å². The zero-order valence-electron chi connectivity index (χ0n) is 10.1. The van der Waals surface area contributed by atoms with Crippen molar-refractivity contribution in [2.75, 3.05) is 0 Å². The summed E-state index contributed by atoms with van der Waals surface area (Å²) in [5.41, 5.74) is 6.39. The fourth-order valence-electron chi connectivity index (χ4n) is 1.94. The first-order chi connectivity index (χ1) is 9.41. The van der Waals surface area contributed by atoms with Gasteiger partial charge in [-0.2, -0.15) is 0 Å². The van der Waals surface area contributed by atoms with Crippen LogP contribution < -0.4 is 5.73 Å². The van der Waals surface area contributed by atoms with Gasteiger partial charge in [0.2, 0.25) is 0 Å². The van der Waals surface area contributed by atoms with Crippen molar-refractivity contribution in [1.29, 1.82) is 0 Å². The molecule has 0 aliphatic carbocycles. The van der Waals surface area contributed by atoms with Crippen molar-refractivity contribution >= 4 is 39.1 Å². The van der Waals surface area contributed by atoms with E-state index in [4.69, 9.17) is 28.9 Å². The lowest BCUT2D eigenvalue weighted by molar-refractivity contribution is 0.536. The first kappa shape index (κ1) is 15.7. The van der Waals surface area contributed by atoms with Crippen LogP contribution in [-0.4, -0.2) is 0 Å². The van der Waals surface area contributed by atoms with Crippen molar-refractivity contribution in [2.45, 2.75) is 12.5 Å². The van der Waals surface area contributed by atoms with Gasteiger partial charge in [0.1, 0.15) is 11.6 Å². The summed E-state index contributed by atoms with van der Waals surface area (Å²) in [6.45, 7) is 0. The second-order valence-electron chi connectivity index (χ2n) is 4.27. The molecule has 2 aromatic rings. The van der Waals surface area contributed by atoms with Crippen LogP contribution in [-0.2, 0) is 6.42 Å². The Hall–Kier alpha value is -0.680. The maximum Gasteiger partial charge on any atom is 0.143 e. The van der Waals surface area contributed by atoms with Crippen LogP contribution in [0.5, 0.6) is 0 Å². The van der Waals surface area contributed by atoms with E-state index < -0.39 is 17.7 Å². The molecule has 106 valence electrons. The Morgan fingerprint density at radius 1 is 1.10 bits per heavy atom. The van der Waals surface area contributed by atoms with Gasteiger partial charge in [-0.1, -0.05) is 29.3 Å². The molecule has 1 atom stereocenters. The van der Waals surface area contributed by atoms with Crippen LogP contribution in [0.15, 0.2) is 34.8 Å². The van der Waals surface area contributed by atoms with Gasteiger partial charge < -0.3 is 5.73 Å². The summed E-state index contributed by atoms with van der Waals surface area (Å²) >= 11 is 15.1. The van der Waals surface area contributed by atoms with E-state index in [2.05, 4.69) is 15.9 Å². The zero-order chi connectivity index (χ0) is 14.9. The molecule has 2 N–H and O–H groups in total. The molecule has 0 saturated carbocycles. The van der Waals surface area contributed by atoms with Gasteiger partial charge in [0.15, 0.2) is 0 Å². The Balaban J connectivity index is 2.38. The number of rotatable bonds is 3. The van der Waals surface area contributed by atoms with Crippen LogP contribution in [0.3, 0.4) is 0 Å². The van der Waals surface area contributed by atoms with Crippen LogP contribution in [0.1, 0.15) is 17.2 Å². The highest BCUT2D eigenvalue weighted by atomic mass is 79.9. The molecule has 1 nitrogen and oxygen atoms in total. The summed E-state index contributed by atoms with van der Waals surface area (Å²) in [7, 11) is 0. The second kappa shape index (κ2) is 6.39. The van der Waals surface area contributed by atoms with E-state index >= 15 is 0 Å². The monoisotopic (exact) mass is 379 g/mol. The van der Waals surface area contributed by atoms with Crippen molar-refractivity contribution in [3.05, 3.63) is 67.6 Å². The number of hydrogen-bond acceptors (Lipinski definition) is 1. The quantitative estimate of drug-likeness (QED) is 0.720. The van der Waals surface area contributed by atoms with E-state index in [1.165, 1.54) is 12.1 Å². The van der Waals surface area contributed by atoms with E-state index in [1.54, 1.807) is 18.2 Å². The molecule has 1 unspecified atom stereocenters. The van der Waals surface area contributed by atoms with E-state index in [1.807, 2.05) is 0 Å². The van der Waals surface area contributed by atoms with E-state index in [-0.39, 0.29) is 16.5 Å². The third-order valence-electron chi connectivity index (χ3n) is 2.93. The molecule has 0 fully saturated rings. The number of benzene rings is 2. The summed E-state index contributed by atoms with van der Waals surface area (Å²) in [6, 6.07) is 6.74. The lowest BCUT2D eigenvalue weighted by Gasteiger charge is -2.16. The smallest absolute Gasteiger partial charge is 0.143 e. The lowest BCUT2D eigenvalue weighted by Crippen LogP contribution is -2.16. The molecule has 0 aliphatic rings. The molecule has 0 aromatic heterocycles. The predicted octanol–water partition coefficient (Wildman–Crippen LogP) is 5.28. The van der Waals surface area contributed by atoms with Gasteiger partial charge in [-0.15, -0.1) is 0 Å². The van der Waals surface area contributed by atoms with Crippen LogP contribution in [0, 0.1) is 11.6 Å². The minimum Gasteiger partial charge on any atom is -0.324 e. The third-order valence-corrected chi connectivity index (χ3v) is 4.21. The molecule has 6 heteroatoms. The molecule has 0 amide bonds. The van der Waals surface area contributed by atoms with Crippen LogP contribution in [0.2, 0.25) is 10.0 Å². The number of hydrogen-bond donors (Lipinski definition) is 1. The highest BCUT2D eigenvalue weighted by molar-refractivity contribution is 9.10. The second-order valence-corrected chi connectivity index (χ2v) is 5.94. The van der Waals surface area contributed by atoms with Gasteiger partial charge in [0.05, 0.1) is 4.47 Å². The Morgan fingerprint density at radius 3 is 2.30 bits per heavy atom. The number of nitrogens with two attached hydrogens (primary N) is 1. The maximum atomic E-state index is 13.9. The van der Waals surface area contributed by atoms with E-state index in [9.17, 15) is 8.78 Å². The van der Waals surface area contributed by atoms with E-state index in [0.717, 1.165) is 0 Å². The number of halogens is 5. The SMILES string of the molecule is NC(Cc1c(F)ccc(Br)c1F)c1c(Cl)cccc1Cl. The molecular formula is C14H10BrCl2F2N. The normalized spacial score (nSPS) is 12.5. The largest absolute Gasteiger partial charge is 0.324 e. The minimum atomic E-state index is -0.700. The van der Waals surface area contributed by atoms with Crippen molar-refractivity contribution < 1.29 is 8.78 Å². The van der Waals surface area contributed by atoms with Gasteiger partial charge in [-0.3, -0.25) is 0 Å². The fourth-order valence-corrected chi connectivity index (χ4v) is 2.99. The first-order valence-corrected chi connectivity index (χ1v) is 7.28. The third kappa shape index (κ3) is 3.14. The summed E-state index contributed by atoms with van der Waals surface area (Å²) in [6.07, 6.45) is -0.0411. The molecule has 2 rings (SSSR count). The molecule has 0 heterocycles. The van der Waals surface area contributed by atoms with E-state index in [0.29, 0.717) is 15.6 Å². The molecule has 0 bridgehead atoms.